The van der Waals surface area contributed by atoms with Crippen LogP contribution < -0.4 is 14.8 Å². The van der Waals surface area contributed by atoms with Crippen molar-refractivity contribution in [2.45, 2.75) is 69.1 Å². The third-order valence-corrected chi connectivity index (χ3v) is 11.6. The van der Waals surface area contributed by atoms with Crippen LogP contribution in [0.5, 0.6) is 5.75 Å². The number of hydrogen-bond acceptors (Lipinski definition) is 6. The van der Waals surface area contributed by atoms with Crippen molar-refractivity contribution in [2.24, 2.45) is 22.9 Å². The first-order valence-electron chi connectivity index (χ1n) is 14.8. The molecule has 2 aliphatic carbocycles. The summed E-state index contributed by atoms with van der Waals surface area (Å²) in [5, 5.41) is 26.2. The van der Waals surface area contributed by atoms with E-state index >= 15 is 0 Å². The Morgan fingerprint density at radius 3 is 2.71 bits per heavy atom. The lowest BCUT2D eigenvalue weighted by atomic mass is 9.68. The molecule has 1 heterocycles. The number of benzene rings is 2. The molecule has 1 fully saturated rings. The molecule has 0 amide bonds. The van der Waals surface area contributed by atoms with Gasteiger partial charge in [-0.3, -0.25) is 0 Å². The number of carboxylic acid groups (broad SMARTS) is 1. The van der Waals surface area contributed by atoms with Crippen LogP contribution in [0.2, 0.25) is 5.02 Å². The Morgan fingerprint density at radius 2 is 2.02 bits per heavy atom. The van der Waals surface area contributed by atoms with Gasteiger partial charge in [-0.15, -0.1) is 0 Å². The van der Waals surface area contributed by atoms with Crippen molar-refractivity contribution in [1.29, 1.82) is 0 Å². The molecule has 0 radical (unpaired) electrons. The van der Waals surface area contributed by atoms with Gasteiger partial charge in [-0.2, -0.15) is 0 Å². The monoisotopic (exact) mass is 616 g/mol. The van der Waals surface area contributed by atoms with Gasteiger partial charge in [-0.1, -0.05) is 36.7 Å². The second-order valence-corrected chi connectivity index (χ2v) is 14.9. The Kier molecular flexibility index (Phi) is 8.95. The second-order valence-electron chi connectivity index (χ2n) is 12.5. The molecule has 3 aliphatic rings. The highest BCUT2D eigenvalue weighted by molar-refractivity contribution is 7.89. The van der Waals surface area contributed by atoms with E-state index < -0.39 is 27.3 Å². The zero-order chi connectivity index (χ0) is 30.2. The number of carboxylic acids is 1. The number of hydrogen-bond donors (Lipinski definition) is 3. The summed E-state index contributed by atoms with van der Waals surface area (Å²) in [5.41, 5.74) is 3.20. The lowest BCUT2D eigenvalue weighted by molar-refractivity contribution is 0.0456. The number of carbonyl (C=O) groups is 1. The molecule has 1 spiro atoms. The first-order valence-corrected chi connectivity index (χ1v) is 16.8. The average molecular weight is 617 g/mol. The summed E-state index contributed by atoms with van der Waals surface area (Å²) < 4.78 is 29.8. The van der Waals surface area contributed by atoms with E-state index in [0.29, 0.717) is 31.9 Å². The third-order valence-electron chi connectivity index (χ3n) is 9.81. The molecule has 2 aromatic rings. The van der Waals surface area contributed by atoms with E-state index in [1.807, 2.05) is 19.1 Å². The molecule has 0 bridgehead atoms. The maximum atomic E-state index is 11.9. The lowest BCUT2D eigenvalue weighted by Crippen LogP contribution is -2.49. The molecular weight excluding hydrogens is 576 g/mol. The van der Waals surface area contributed by atoms with Crippen molar-refractivity contribution < 1.29 is 28.2 Å². The maximum Gasteiger partial charge on any atom is 0.335 e. The smallest absolute Gasteiger partial charge is 0.335 e. The number of nitrogens with two attached hydrogens (primary N) is 1. The fourth-order valence-electron chi connectivity index (χ4n) is 6.89. The zero-order valence-electron chi connectivity index (χ0n) is 24.2. The zero-order valence-corrected chi connectivity index (χ0v) is 25.8. The van der Waals surface area contributed by atoms with Gasteiger partial charge in [0.15, 0.2) is 0 Å². The molecule has 10 heteroatoms. The summed E-state index contributed by atoms with van der Waals surface area (Å²) in [7, 11) is -3.61. The molecule has 42 heavy (non-hydrogen) atoms. The van der Waals surface area contributed by atoms with Crippen molar-refractivity contribution in [2.75, 3.05) is 24.6 Å². The number of aliphatic hydroxyl groups is 1. The molecule has 228 valence electrons. The van der Waals surface area contributed by atoms with E-state index in [2.05, 4.69) is 17.0 Å². The summed E-state index contributed by atoms with van der Waals surface area (Å²) >= 11 is 6.36. The SMILES string of the molecule is C[C@H]([C@@H](C)C/C=C/[C@H](O)[C@@H]1CC[C@H]1CN1C[C@@]2(CCCc3cc(Cl)ccc32)COc2ccc(C(=O)O)cc21)S(N)(=O)=O. The van der Waals surface area contributed by atoms with Crippen LogP contribution in [0.15, 0.2) is 48.6 Å². The van der Waals surface area contributed by atoms with Crippen LogP contribution in [-0.2, 0) is 21.9 Å². The predicted octanol–water partition coefficient (Wildman–Crippen LogP) is 5.16. The number of fused-ring (bicyclic) bond motifs is 3. The standard InChI is InChI=1S/C32H41ClN2O6S/c1-20(21(2)42(34,39)40)5-3-7-29(36)26-11-8-24(26)17-35-18-32(14-4-6-22-15-25(33)10-12-27(22)32)19-41-30-13-9-23(31(37)38)16-28(30)35/h3,7,9-10,12-13,15-16,20-21,24,26,29,36H,4-6,8,11,14,17-19H2,1-2H3,(H,37,38)(H2,34,39,40)/b7-3+/t20-,21+,24-,26+,29-,32-/m0/s1. The second kappa shape index (κ2) is 12.2. The summed E-state index contributed by atoms with van der Waals surface area (Å²) in [6.45, 7) is 5.28. The molecule has 8 nitrogen and oxygen atoms in total. The van der Waals surface area contributed by atoms with Crippen LogP contribution >= 0.6 is 11.6 Å². The number of halogens is 1. The van der Waals surface area contributed by atoms with E-state index in [-0.39, 0.29) is 28.7 Å². The number of anilines is 1. The normalized spacial score (nSPS) is 26.0. The van der Waals surface area contributed by atoms with E-state index in [0.717, 1.165) is 42.8 Å². The van der Waals surface area contributed by atoms with Gasteiger partial charge in [0.25, 0.3) is 0 Å². The summed E-state index contributed by atoms with van der Waals surface area (Å²) in [4.78, 5) is 14.2. The molecule has 1 saturated carbocycles. The van der Waals surface area contributed by atoms with Gasteiger partial charge in [0.1, 0.15) is 5.75 Å². The number of primary sulfonamides is 1. The number of ether oxygens (including phenoxy) is 1. The first-order chi connectivity index (χ1) is 19.9. The Morgan fingerprint density at radius 1 is 1.24 bits per heavy atom. The van der Waals surface area contributed by atoms with E-state index in [9.17, 15) is 23.4 Å². The van der Waals surface area contributed by atoms with Crippen molar-refractivity contribution in [3.05, 3.63) is 70.3 Å². The summed E-state index contributed by atoms with van der Waals surface area (Å²) in [5.74, 6) is -0.220. The van der Waals surface area contributed by atoms with Crippen molar-refractivity contribution in [3.8, 4) is 5.75 Å². The highest BCUT2D eigenvalue weighted by Crippen LogP contribution is 2.46. The van der Waals surface area contributed by atoms with Crippen LogP contribution in [0.4, 0.5) is 5.69 Å². The van der Waals surface area contributed by atoms with Gasteiger partial charge in [0.2, 0.25) is 10.0 Å². The summed E-state index contributed by atoms with van der Waals surface area (Å²) in [6, 6.07) is 11.2. The molecular formula is C32H41ClN2O6S. The maximum absolute atomic E-state index is 11.9. The van der Waals surface area contributed by atoms with Crippen molar-refractivity contribution in [3.63, 3.8) is 0 Å². The van der Waals surface area contributed by atoms with Crippen LogP contribution in [-0.4, -0.2) is 55.7 Å². The number of aryl methyl sites for hydroxylation is 1. The molecule has 5 rings (SSSR count). The minimum atomic E-state index is -3.61. The number of aliphatic hydroxyl groups excluding tert-OH is 1. The Labute approximate surface area is 253 Å². The number of sulfonamides is 1. The van der Waals surface area contributed by atoms with Crippen LogP contribution in [0.3, 0.4) is 0 Å². The molecule has 0 unspecified atom stereocenters. The van der Waals surface area contributed by atoms with Crippen LogP contribution in [0.25, 0.3) is 0 Å². The van der Waals surface area contributed by atoms with Gasteiger partial charge in [0.05, 0.1) is 29.2 Å². The minimum absolute atomic E-state index is 0.0518. The first kappa shape index (κ1) is 30.9. The number of aromatic carboxylic acids is 1. The average Bonchev–Trinajstić information content (AvgIpc) is 3.07. The number of allylic oxidation sites excluding steroid dienone is 1. The van der Waals surface area contributed by atoms with Gasteiger partial charge < -0.3 is 19.8 Å². The van der Waals surface area contributed by atoms with E-state index in [4.69, 9.17) is 21.5 Å². The quantitative estimate of drug-likeness (QED) is 0.332. The fraction of sp³-hybridized carbons (Fsp3) is 0.531. The molecule has 2 aromatic carbocycles. The fourth-order valence-corrected chi connectivity index (χ4v) is 7.85. The highest BCUT2D eigenvalue weighted by Gasteiger charge is 2.44. The van der Waals surface area contributed by atoms with Crippen LogP contribution in [0.1, 0.15) is 67.4 Å². The molecule has 1 aliphatic heterocycles. The summed E-state index contributed by atoms with van der Waals surface area (Å²) in [6.07, 6.45) is 8.27. The van der Waals surface area contributed by atoms with Gasteiger partial charge in [-0.25, -0.2) is 18.4 Å². The lowest BCUT2D eigenvalue weighted by Gasteiger charge is -2.45. The topological polar surface area (TPSA) is 130 Å². The predicted molar refractivity (Wildman–Crippen MR) is 165 cm³/mol. The van der Waals surface area contributed by atoms with Gasteiger partial charge in [0, 0.05) is 23.5 Å². The molecule has 6 atom stereocenters. The Hall–Kier alpha value is -2.59. The Balaban J connectivity index is 1.38. The Bertz CT molecular complexity index is 1460. The van der Waals surface area contributed by atoms with Crippen molar-refractivity contribution >= 4 is 33.3 Å². The minimum Gasteiger partial charge on any atom is -0.490 e. The van der Waals surface area contributed by atoms with Crippen LogP contribution in [0, 0.1) is 17.8 Å². The number of nitrogens with zero attached hydrogens (tertiary/aromatic N) is 1. The van der Waals surface area contributed by atoms with Crippen molar-refractivity contribution in [1.82, 2.24) is 0 Å². The third kappa shape index (κ3) is 6.34. The molecule has 0 aromatic heterocycles. The van der Waals surface area contributed by atoms with E-state index in [1.165, 1.54) is 11.1 Å². The largest absolute Gasteiger partial charge is 0.490 e. The van der Waals surface area contributed by atoms with Gasteiger partial charge in [-0.05, 0) is 105 Å². The highest BCUT2D eigenvalue weighted by atomic mass is 35.5. The van der Waals surface area contributed by atoms with Gasteiger partial charge >= 0.3 is 5.97 Å². The molecule has 0 saturated heterocycles. The molecule has 4 N–H and O–H groups in total. The number of rotatable bonds is 9. The van der Waals surface area contributed by atoms with E-state index in [1.54, 1.807) is 31.2 Å².